The molecule has 0 unspecified atom stereocenters. The van der Waals surface area contributed by atoms with Crippen LogP contribution in [0.4, 0.5) is 23.1 Å². The largest absolute Gasteiger partial charge is 0.489 e. The molecule has 2 N–H and O–H groups in total. The lowest BCUT2D eigenvalue weighted by Crippen LogP contribution is -2.59. The first kappa shape index (κ1) is 33.3. The second-order valence-corrected chi connectivity index (χ2v) is 17.2. The number of benzene rings is 2. The van der Waals surface area contributed by atoms with Gasteiger partial charge in [0, 0.05) is 12.1 Å². The number of aromatic nitrogens is 2. The van der Waals surface area contributed by atoms with Crippen molar-refractivity contribution in [1.29, 1.82) is 0 Å². The van der Waals surface area contributed by atoms with Crippen LogP contribution in [-0.4, -0.2) is 66.0 Å². The Morgan fingerprint density at radius 3 is 2.35 bits per heavy atom. The van der Waals surface area contributed by atoms with Gasteiger partial charge >= 0.3 is 0 Å². The molecule has 48 heavy (non-hydrogen) atoms. The average Bonchev–Trinajstić information content (AvgIpc) is 3.94. The van der Waals surface area contributed by atoms with E-state index in [1.54, 1.807) is 36.9 Å². The Morgan fingerprint density at radius 1 is 1.04 bits per heavy atom. The lowest BCUT2D eigenvalue weighted by atomic mass is 9.84. The van der Waals surface area contributed by atoms with Gasteiger partial charge in [0.2, 0.25) is 5.95 Å². The van der Waals surface area contributed by atoms with Crippen molar-refractivity contribution in [2.24, 2.45) is 11.8 Å². The first-order valence-corrected chi connectivity index (χ1v) is 19.1. The minimum Gasteiger partial charge on any atom is -0.489 e. The van der Waals surface area contributed by atoms with Crippen molar-refractivity contribution in [2.45, 2.75) is 101 Å². The summed E-state index contributed by atoms with van der Waals surface area (Å²) in [6.45, 7) is 11.1. The van der Waals surface area contributed by atoms with E-state index < -0.39 is 15.1 Å². The minimum absolute atomic E-state index is 0.0987. The molecule has 4 aliphatic rings. The van der Waals surface area contributed by atoms with Crippen molar-refractivity contribution in [3.63, 3.8) is 0 Å². The van der Waals surface area contributed by atoms with Crippen LogP contribution < -0.4 is 15.4 Å². The highest BCUT2D eigenvalue weighted by atomic mass is 35.5. The SMILES string of the molecule is Cc1cc(N(c2ncc(Cl)c(N)n2)c2ccccc2S(=O)(=O)C(C)C)c(OC(C)C)cc1C1=C[C@@H](C2CC2)N(C2COC2)[C@H](C2CC2)C1. The first-order valence-electron chi connectivity index (χ1n) is 17.2. The molecule has 1 aromatic heterocycles. The maximum atomic E-state index is 13.7. The molecule has 0 bridgehead atoms. The molecule has 0 amide bonds. The molecule has 2 atom stereocenters. The molecule has 2 saturated carbocycles. The fourth-order valence-corrected chi connectivity index (χ4v) is 8.55. The van der Waals surface area contributed by atoms with Crippen LogP contribution in [0.3, 0.4) is 0 Å². The first-order chi connectivity index (χ1) is 22.9. The van der Waals surface area contributed by atoms with Gasteiger partial charge in [0.25, 0.3) is 0 Å². The zero-order valence-electron chi connectivity index (χ0n) is 28.4. The van der Waals surface area contributed by atoms with Crippen LogP contribution in [-0.2, 0) is 14.6 Å². The maximum absolute atomic E-state index is 13.7. The fourth-order valence-electron chi connectivity index (χ4n) is 7.23. The molecule has 0 spiro atoms. The number of nitrogens with two attached hydrogens (primary N) is 1. The number of nitrogen functional groups attached to an aromatic ring is 1. The minimum atomic E-state index is -3.70. The number of rotatable bonds is 11. The topological polar surface area (TPSA) is 111 Å². The third-order valence-electron chi connectivity index (χ3n) is 10.1. The molecule has 256 valence electrons. The standard InChI is InChI=1S/C37H46ClN5O4S/c1-21(2)47-34-17-28(26-15-31(24-10-11-24)42(27-19-46-20-27)32(16-26)25-12-13-25)23(5)14-33(34)43(37-40-18-29(38)36(39)41-37)30-8-6-7-9-35(30)48(44,45)22(3)4/h6-9,14-15,17-18,21-22,24-25,27,31-32H,10-13,16,19-20H2,1-5H3,(H2,39,40,41)/t31-,32-/m0/s1. The van der Waals surface area contributed by atoms with Gasteiger partial charge in [0.1, 0.15) is 16.6 Å². The molecule has 3 fully saturated rings. The van der Waals surface area contributed by atoms with E-state index in [1.165, 1.54) is 37.5 Å². The average molecular weight is 692 g/mol. The number of anilines is 4. The van der Waals surface area contributed by atoms with E-state index in [4.69, 9.17) is 26.8 Å². The summed E-state index contributed by atoms with van der Waals surface area (Å²) >= 11 is 6.27. The molecule has 9 nitrogen and oxygen atoms in total. The number of sulfone groups is 1. The molecular weight excluding hydrogens is 646 g/mol. The van der Waals surface area contributed by atoms with Crippen molar-refractivity contribution in [3.8, 4) is 5.75 Å². The third-order valence-corrected chi connectivity index (χ3v) is 12.6. The summed E-state index contributed by atoms with van der Waals surface area (Å²) in [7, 11) is -3.70. The van der Waals surface area contributed by atoms with Crippen molar-refractivity contribution in [1.82, 2.24) is 14.9 Å². The van der Waals surface area contributed by atoms with Gasteiger partial charge in [-0.1, -0.05) is 29.8 Å². The van der Waals surface area contributed by atoms with Gasteiger partial charge in [-0.25, -0.2) is 13.4 Å². The molecule has 3 heterocycles. The number of halogens is 1. The fraction of sp³-hybridized carbons (Fsp3) is 0.514. The van der Waals surface area contributed by atoms with E-state index in [0.29, 0.717) is 41.2 Å². The van der Waals surface area contributed by atoms with E-state index >= 15 is 0 Å². The number of aryl methyl sites for hydroxylation is 1. The second kappa shape index (κ2) is 12.9. The van der Waals surface area contributed by atoms with Crippen LogP contribution in [0.15, 0.2) is 53.6 Å². The smallest absolute Gasteiger partial charge is 0.236 e. The summed E-state index contributed by atoms with van der Waals surface area (Å²) in [6.07, 6.45) is 9.93. The normalized spacial score (nSPS) is 22.1. The molecule has 2 aliphatic carbocycles. The van der Waals surface area contributed by atoms with Gasteiger partial charge in [-0.05, 0) is 120 Å². The number of ether oxygens (including phenoxy) is 2. The third kappa shape index (κ3) is 6.32. The highest BCUT2D eigenvalue weighted by molar-refractivity contribution is 7.92. The van der Waals surface area contributed by atoms with E-state index in [1.807, 2.05) is 19.9 Å². The Labute approximate surface area is 289 Å². The monoisotopic (exact) mass is 691 g/mol. The Balaban J connectivity index is 1.40. The predicted molar refractivity (Wildman–Crippen MR) is 191 cm³/mol. The zero-order valence-corrected chi connectivity index (χ0v) is 30.0. The van der Waals surface area contributed by atoms with Crippen LogP contribution in [0.1, 0.15) is 70.9 Å². The van der Waals surface area contributed by atoms with Gasteiger partial charge in [-0.2, -0.15) is 4.98 Å². The van der Waals surface area contributed by atoms with Gasteiger partial charge in [-0.3, -0.25) is 9.80 Å². The number of hydrogen-bond donors (Lipinski definition) is 1. The summed E-state index contributed by atoms with van der Waals surface area (Å²) in [5.74, 6) is 2.32. The van der Waals surface area contributed by atoms with E-state index in [-0.39, 0.29) is 27.8 Å². The molecule has 2 aliphatic heterocycles. The van der Waals surface area contributed by atoms with Crippen LogP contribution in [0.2, 0.25) is 5.02 Å². The zero-order chi connectivity index (χ0) is 33.9. The molecule has 2 aromatic carbocycles. The summed E-state index contributed by atoms with van der Waals surface area (Å²) in [5, 5.41) is -0.426. The van der Waals surface area contributed by atoms with Gasteiger partial charge in [0.15, 0.2) is 9.84 Å². The summed E-state index contributed by atoms with van der Waals surface area (Å²) in [4.78, 5) is 13.8. The van der Waals surface area contributed by atoms with Gasteiger partial charge in [0.05, 0.1) is 53.1 Å². The van der Waals surface area contributed by atoms with Crippen molar-refractivity contribution < 1.29 is 17.9 Å². The lowest BCUT2D eigenvalue weighted by molar-refractivity contribution is -0.0963. The van der Waals surface area contributed by atoms with E-state index in [9.17, 15) is 8.42 Å². The van der Waals surface area contributed by atoms with Crippen LogP contribution in [0.25, 0.3) is 5.57 Å². The second-order valence-electron chi connectivity index (χ2n) is 14.4. The lowest BCUT2D eigenvalue weighted by Gasteiger charge is -2.49. The number of nitrogens with zero attached hydrogens (tertiary/aromatic N) is 4. The Bertz CT molecular complexity index is 1840. The molecule has 11 heteroatoms. The quantitative estimate of drug-likeness (QED) is 0.218. The van der Waals surface area contributed by atoms with Crippen LogP contribution in [0.5, 0.6) is 5.75 Å². The Hall–Kier alpha value is -3.18. The van der Waals surface area contributed by atoms with Crippen molar-refractivity contribution in [3.05, 3.63) is 64.8 Å². The summed E-state index contributed by atoms with van der Waals surface area (Å²) in [5.41, 5.74) is 10.8. The maximum Gasteiger partial charge on any atom is 0.236 e. The van der Waals surface area contributed by atoms with E-state index in [2.05, 4.69) is 40.0 Å². The van der Waals surface area contributed by atoms with Crippen molar-refractivity contribution >= 4 is 50.2 Å². The van der Waals surface area contributed by atoms with Crippen molar-refractivity contribution in [2.75, 3.05) is 23.8 Å². The van der Waals surface area contributed by atoms with Gasteiger partial charge < -0.3 is 15.2 Å². The number of para-hydroxylation sites is 1. The highest BCUT2D eigenvalue weighted by Crippen LogP contribution is 2.51. The van der Waals surface area contributed by atoms with Crippen LogP contribution in [0, 0.1) is 18.8 Å². The molecular formula is C37H46ClN5O4S. The van der Waals surface area contributed by atoms with E-state index in [0.717, 1.165) is 36.7 Å². The molecule has 1 saturated heterocycles. The highest BCUT2D eigenvalue weighted by Gasteiger charge is 2.49. The Morgan fingerprint density at radius 2 is 1.75 bits per heavy atom. The van der Waals surface area contributed by atoms with Crippen LogP contribution >= 0.6 is 11.6 Å². The molecule has 0 radical (unpaired) electrons. The number of hydrogen-bond acceptors (Lipinski definition) is 9. The van der Waals surface area contributed by atoms with Gasteiger partial charge in [-0.15, -0.1) is 0 Å². The molecule has 7 rings (SSSR count). The summed E-state index contributed by atoms with van der Waals surface area (Å²) < 4.78 is 39.8. The Kier molecular flexibility index (Phi) is 8.98. The predicted octanol–water partition coefficient (Wildman–Crippen LogP) is 7.50. The molecule has 3 aromatic rings. The summed E-state index contributed by atoms with van der Waals surface area (Å²) in [6, 6.07) is 12.6.